The van der Waals surface area contributed by atoms with E-state index < -0.39 is 17.7 Å². The van der Waals surface area contributed by atoms with Crippen LogP contribution in [0.2, 0.25) is 5.02 Å². The first-order valence-corrected chi connectivity index (χ1v) is 10.1. The summed E-state index contributed by atoms with van der Waals surface area (Å²) >= 11 is 6.13. The molecule has 1 unspecified atom stereocenters. The van der Waals surface area contributed by atoms with Crippen LogP contribution < -0.4 is 9.47 Å². The van der Waals surface area contributed by atoms with Gasteiger partial charge in [-0.1, -0.05) is 23.7 Å². The van der Waals surface area contributed by atoms with Crippen molar-refractivity contribution in [1.82, 2.24) is 4.90 Å². The van der Waals surface area contributed by atoms with E-state index in [0.717, 1.165) is 0 Å². The number of methoxy groups -OCH3 is 2. The summed E-state index contributed by atoms with van der Waals surface area (Å²) in [6.07, 6.45) is 1.49. The SMILES string of the molecule is COc1cccc(C2/C(=C(\O)c3cc(Cl)ccc3OC)C(=O)C(=O)N2Cc2ccco2)c1. The van der Waals surface area contributed by atoms with Gasteiger partial charge in [0.25, 0.3) is 11.7 Å². The molecule has 0 aliphatic carbocycles. The van der Waals surface area contributed by atoms with E-state index >= 15 is 0 Å². The monoisotopic (exact) mass is 453 g/mol. The van der Waals surface area contributed by atoms with E-state index in [4.69, 9.17) is 25.5 Å². The lowest BCUT2D eigenvalue weighted by atomic mass is 9.94. The Kier molecular flexibility index (Phi) is 5.92. The van der Waals surface area contributed by atoms with Crippen molar-refractivity contribution in [3.05, 3.63) is 88.3 Å². The number of carbonyl (C=O) groups is 2. The number of aliphatic hydroxyl groups is 1. The molecule has 32 heavy (non-hydrogen) atoms. The number of halogens is 1. The number of rotatable bonds is 6. The molecule has 1 atom stereocenters. The van der Waals surface area contributed by atoms with E-state index in [0.29, 0.717) is 27.8 Å². The molecule has 4 rings (SSSR count). The molecule has 2 aromatic carbocycles. The number of likely N-dealkylation sites (tertiary alicyclic amines) is 1. The topological polar surface area (TPSA) is 89.2 Å². The highest BCUT2D eigenvalue weighted by Crippen LogP contribution is 2.42. The van der Waals surface area contributed by atoms with Gasteiger partial charge in [-0.05, 0) is 48.0 Å². The maximum absolute atomic E-state index is 13.1. The number of amides is 1. The molecule has 1 aromatic heterocycles. The first-order valence-electron chi connectivity index (χ1n) is 9.73. The van der Waals surface area contributed by atoms with Gasteiger partial charge in [0.05, 0.1) is 44.2 Å². The summed E-state index contributed by atoms with van der Waals surface area (Å²) < 4.78 is 16.0. The van der Waals surface area contributed by atoms with Crippen LogP contribution >= 0.6 is 11.6 Å². The Balaban J connectivity index is 1.92. The molecule has 0 radical (unpaired) electrons. The predicted molar refractivity (Wildman–Crippen MR) is 118 cm³/mol. The van der Waals surface area contributed by atoms with Crippen LogP contribution in [-0.2, 0) is 16.1 Å². The van der Waals surface area contributed by atoms with Gasteiger partial charge < -0.3 is 23.9 Å². The minimum Gasteiger partial charge on any atom is -0.507 e. The van der Waals surface area contributed by atoms with Crippen LogP contribution in [-0.4, -0.2) is 35.9 Å². The first-order chi connectivity index (χ1) is 15.4. The number of carbonyl (C=O) groups excluding carboxylic acids is 2. The van der Waals surface area contributed by atoms with Crippen LogP contribution in [0.3, 0.4) is 0 Å². The zero-order chi connectivity index (χ0) is 22.8. The van der Waals surface area contributed by atoms with Crippen molar-refractivity contribution < 1.29 is 28.6 Å². The van der Waals surface area contributed by atoms with E-state index in [-0.39, 0.29) is 23.4 Å². The average Bonchev–Trinajstić information content (AvgIpc) is 3.41. The van der Waals surface area contributed by atoms with Crippen molar-refractivity contribution in [2.24, 2.45) is 0 Å². The molecule has 1 aliphatic heterocycles. The lowest BCUT2D eigenvalue weighted by Gasteiger charge is -2.25. The van der Waals surface area contributed by atoms with Crippen molar-refractivity contribution in [3.8, 4) is 11.5 Å². The quantitative estimate of drug-likeness (QED) is 0.334. The number of nitrogens with zero attached hydrogens (tertiary/aromatic N) is 1. The Labute approximate surface area is 189 Å². The Bertz CT molecular complexity index is 1200. The third-order valence-electron chi connectivity index (χ3n) is 5.27. The third kappa shape index (κ3) is 3.83. The number of ketones is 1. The van der Waals surface area contributed by atoms with E-state index in [1.165, 1.54) is 31.4 Å². The lowest BCUT2D eigenvalue weighted by molar-refractivity contribution is -0.140. The van der Waals surface area contributed by atoms with Gasteiger partial charge in [0.15, 0.2) is 0 Å². The molecule has 1 fully saturated rings. The largest absolute Gasteiger partial charge is 0.507 e. The molecule has 1 saturated heterocycles. The molecule has 3 aromatic rings. The second-order valence-electron chi connectivity index (χ2n) is 7.13. The third-order valence-corrected chi connectivity index (χ3v) is 5.51. The summed E-state index contributed by atoms with van der Waals surface area (Å²) in [6.45, 7) is 0.0446. The molecule has 8 heteroatoms. The average molecular weight is 454 g/mol. The minimum absolute atomic E-state index is 0.0446. The van der Waals surface area contributed by atoms with E-state index in [1.54, 1.807) is 48.5 Å². The summed E-state index contributed by atoms with van der Waals surface area (Å²) in [4.78, 5) is 27.5. The highest BCUT2D eigenvalue weighted by Gasteiger charge is 2.46. The molecule has 1 aliphatic rings. The molecule has 0 bridgehead atoms. The Morgan fingerprint density at radius 3 is 2.59 bits per heavy atom. The molecule has 0 saturated carbocycles. The van der Waals surface area contributed by atoms with Gasteiger partial charge in [-0.15, -0.1) is 0 Å². The van der Waals surface area contributed by atoms with Gasteiger partial charge in [0.1, 0.15) is 23.0 Å². The van der Waals surface area contributed by atoms with E-state index in [1.807, 2.05) is 0 Å². The Morgan fingerprint density at radius 2 is 1.91 bits per heavy atom. The zero-order valence-corrected chi connectivity index (χ0v) is 18.1. The van der Waals surface area contributed by atoms with Crippen LogP contribution in [0.4, 0.5) is 0 Å². The van der Waals surface area contributed by atoms with Crippen molar-refractivity contribution in [3.63, 3.8) is 0 Å². The molecule has 2 heterocycles. The zero-order valence-electron chi connectivity index (χ0n) is 17.4. The Morgan fingerprint density at radius 1 is 1.09 bits per heavy atom. The summed E-state index contributed by atoms with van der Waals surface area (Å²) in [5.74, 6) is -0.585. The first kappa shape index (κ1) is 21.5. The number of aliphatic hydroxyl groups excluding tert-OH is 1. The number of ether oxygens (including phenoxy) is 2. The van der Waals surface area contributed by atoms with Crippen LogP contribution in [0.15, 0.2) is 70.9 Å². The van der Waals surface area contributed by atoms with Gasteiger partial charge in [-0.25, -0.2) is 0 Å². The fourth-order valence-electron chi connectivity index (χ4n) is 3.78. The fourth-order valence-corrected chi connectivity index (χ4v) is 3.95. The van der Waals surface area contributed by atoms with Crippen LogP contribution in [0.5, 0.6) is 11.5 Å². The molecule has 164 valence electrons. The van der Waals surface area contributed by atoms with Gasteiger partial charge in [0, 0.05) is 5.02 Å². The van der Waals surface area contributed by atoms with Crippen molar-refractivity contribution in [1.29, 1.82) is 0 Å². The number of hydrogen-bond acceptors (Lipinski definition) is 6. The molecule has 1 N–H and O–H groups in total. The number of Topliss-reactive ketones (excluding diaryl/α,β-unsaturated/α-hetero) is 1. The van der Waals surface area contributed by atoms with E-state index in [2.05, 4.69) is 0 Å². The van der Waals surface area contributed by atoms with Crippen molar-refractivity contribution in [2.75, 3.05) is 14.2 Å². The minimum atomic E-state index is -0.876. The number of benzene rings is 2. The predicted octanol–water partition coefficient (Wildman–Crippen LogP) is 4.57. The second-order valence-corrected chi connectivity index (χ2v) is 7.56. The molecule has 1 amide bonds. The van der Waals surface area contributed by atoms with Crippen molar-refractivity contribution in [2.45, 2.75) is 12.6 Å². The molecule has 7 nitrogen and oxygen atoms in total. The van der Waals surface area contributed by atoms with Gasteiger partial charge >= 0.3 is 0 Å². The van der Waals surface area contributed by atoms with Crippen molar-refractivity contribution >= 4 is 29.1 Å². The maximum Gasteiger partial charge on any atom is 0.296 e. The smallest absolute Gasteiger partial charge is 0.296 e. The van der Waals surface area contributed by atoms with Gasteiger partial charge in [-0.2, -0.15) is 0 Å². The summed E-state index contributed by atoms with van der Waals surface area (Å²) in [5, 5.41) is 11.6. The maximum atomic E-state index is 13.1. The van der Waals surface area contributed by atoms with Gasteiger partial charge in [-0.3, -0.25) is 9.59 Å². The van der Waals surface area contributed by atoms with Crippen LogP contribution in [0, 0.1) is 0 Å². The Hall–Kier alpha value is -3.71. The van der Waals surface area contributed by atoms with Gasteiger partial charge in [0.2, 0.25) is 0 Å². The van der Waals surface area contributed by atoms with E-state index in [9.17, 15) is 14.7 Å². The number of hydrogen-bond donors (Lipinski definition) is 1. The highest BCUT2D eigenvalue weighted by molar-refractivity contribution is 6.46. The number of furan rings is 1. The lowest BCUT2D eigenvalue weighted by Crippen LogP contribution is -2.29. The normalized spacial score (nSPS) is 17.6. The standard InChI is InChI=1S/C24H20ClNO6/c1-30-16-6-3-5-14(11-16)21-20(22(27)18-12-15(25)8-9-19(18)31-2)23(28)24(29)26(21)13-17-7-4-10-32-17/h3-12,21,27H,13H2,1-2H3/b22-20+. The van der Waals surface area contributed by atoms with Crippen LogP contribution in [0.25, 0.3) is 5.76 Å². The summed E-state index contributed by atoms with van der Waals surface area (Å²) in [6, 6.07) is 14.2. The summed E-state index contributed by atoms with van der Waals surface area (Å²) in [7, 11) is 2.96. The molecule has 0 spiro atoms. The molecular weight excluding hydrogens is 434 g/mol. The fraction of sp³-hybridized carbons (Fsp3) is 0.167. The van der Waals surface area contributed by atoms with Crippen LogP contribution in [0.1, 0.15) is 22.9 Å². The second kappa shape index (κ2) is 8.80. The molecular formula is C24H20ClNO6. The highest BCUT2D eigenvalue weighted by atomic mass is 35.5. The summed E-state index contributed by atoms with van der Waals surface area (Å²) in [5.41, 5.74) is 0.733.